The van der Waals surface area contributed by atoms with Crippen LogP contribution in [0.4, 0.5) is 20.2 Å². The van der Waals surface area contributed by atoms with Crippen LogP contribution in [0.1, 0.15) is 90.3 Å². The number of benzene rings is 1. The molecule has 3 aromatic rings. The summed E-state index contributed by atoms with van der Waals surface area (Å²) in [6, 6.07) is 3.10. The van der Waals surface area contributed by atoms with Crippen LogP contribution in [0.5, 0.6) is 5.75 Å². The van der Waals surface area contributed by atoms with Gasteiger partial charge in [-0.1, -0.05) is 48.1 Å². The number of methoxy groups -OCH3 is 1. The summed E-state index contributed by atoms with van der Waals surface area (Å²) in [6.07, 6.45) is 5.84. The number of fused-ring (bicyclic) bond motifs is 2. The van der Waals surface area contributed by atoms with E-state index in [1.807, 2.05) is 41.5 Å². The van der Waals surface area contributed by atoms with Gasteiger partial charge in [-0.2, -0.15) is 5.10 Å². The molecular weight excluding hydrogens is 580 g/mol. The van der Waals surface area contributed by atoms with Gasteiger partial charge in [-0.15, -0.1) is 0 Å². The maximum atomic E-state index is 15.9. The fourth-order valence-electron chi connectivity index (χ4n) is 5.37. The number of Topliss-reactive ketones (excluding diaryl/α,β-unsaturated/α-hetero) is 1. The van der Waals surface area contributed by atoms with Gasteiger partial charge in [0.15, 0.2) is 23.2 Å². The first kappa shape index (κ1) is 35.1. The van der Waals surface area contributed by atoms with E-state index in [0.29, 0.717) is 47.5 Å². The molecule has 1 unspecified atom stereocenters. The highest BCUT2D eigenvalue weighted by Crippen LogP contribution is 2.55. The van der Waals surface area contributed by atoms with Gasteiger partial charge in [0, 0.05) is 12.4 Å². The molecule has 0 bridgehead atoms. The molecule has 1 fully saturated rings. The van der Waals surface area contributed by atoms with Gasteiger partial charge >= 0.3 is 0 Å². The molecule has 242 valence electrons. The maximum absolute atomic E-state index is 15.9. The summed E-state index contributed by atoms with van der Waals surface area (Å²) in [7, 11) is 1.31. The Kier molecular flexibility index (Phi) is 11.4. The van der Waals surface area contributed by atoms with Crippen molar-refractivity contribution >= 4 is 29.0 Å². The van der Waals surface area contributed by atoms with Gasteiger partial charge < -0.3 is 15.0 Å². The molecule has 1 aliphatic carbocycles. The first-order chi connectivity index (χ1) is 21.5. The lowest BCUT2D eigenvalue weighted by atomic mass is 9.85. The predicted octanol–water partition coefficient (Wildman–Crippen LogP) is 7.09. The van der Waals surface area contributed by atoms with E-state index in [9.17, 15) is 14.4 Å². The van der Waals surface area contributed by atoms with E-state index in [1.54, 1.807) is 12.3 Å². The summed E-state index contributed by atoms with van der Waals surface area (Å²) in [5.41, 5.74) is 1.30. The number of nitrogens with zero attached hydrogens (tertiary/aromatic N) is 4. The van der Waals surface area contributed by atoms with Crippen LogP contribution in [0.15, 0.2) is 37.2 Å². The van der Waals surface area contributed by atoms with Crippen molar-refractivity contribution in [2.75, 3.05) is 17.3 Å². The zero-order chi connectivity index (χ0) is 33.6. The van der Waals surface area contributed by atoms with Crippen molar-refractivity contribution in [1.29, 1.82) is 0 Å². The van der Waals surface area contributed by atoms with E-state index in [0.717, 1.165) is 6.08 Å². The van der Waals surface area contributed by atoms with Gasteiger partial charge in [0.05, 0.1) is 37.0 Å². The van der Waals surface area contributed by atoms with Crippen molar-refractivity contribution in [3.05, 3.63) is 65.5 Å². The average molecular weight is 624 g/mol. The minimum absolute atomic E-state index is 0.00438. The molecule has 45 heavy (non-hydrogen) atoms. The second kappa shape index (κ2) is 14.6. The number of amides is 2. The van der Waals surface area contributed by atoms with E-state index in [2.05, 4.69) is 22.0 Å². The molecule has 11 heteroatoms. The van der Waals surface area contributed by atoms with Crippen LogP contribution in [0.25, 0.3) is 11.4 Å². The lowest BCUT2D eigenvalue weighted by Gasteiger charge is -2.35. The molecule has 0 radical (unpaired) electrons. The molecule has 1 saturated carbocycles. The van der Waals surface area contributed by atoms with Crippen LogP contribution in [0, 0.1) is 11.6 Å². The number of ether oxygens (including phenoxy) is 1. The fraction of sp³-hybridized carbons (Fsp3) is 0.441. The lowest BCUT2D eigenvalue weighted by Crippen LogP contribution is -2.45. The SMILES string of the molecule is C=CC(=O)Nc1cn(CC(C)=O)nc1-c1cc2c(cn1)CN(c1c(F)c(OC)cc(C(C)CC)c1F)C(=O)C21CC1.CC.CC. The van der Waals surface area contributed by atoms with Crippen molar-refractivity contribution in [2.24, 2.45) is 0 Å². The van der Waals surface area contributed by atoms with E-state index < -0.39 is 34.6 Å². The molecule has 2 aromatic heterocycles. The molecule has 2 aliphatic rings. The van der Waals surface area contributed by atoms with Crippen LogP contribution >= 0.6 is 0 Å². The van der Waals surface area contributed by atoms with E-state index in [4.69, 9.17) is 4.74 Å². The summed E-state index contributed by atoms with van der Waals surface area (Å²) in [5, 5.41) is 7.15. The van der Waals surface area contributed by atoms with Gasteiger partial charge in [-0.05, 0) is 67.0 Å². The summed E-state index contributed by atoms with van der Waals surface area (Å²) < 4.78 is 38.1. The maximum Gasteiger partial charge on any atom is 0.247 e. The number of aromatic nitrogens is 3. The number of pyridine rings is 1. The quantitative estimate of drug-likeness (QED) is 0.255. The smallest absolute Gasteiger partial charge is 0.247 e. The standard InChI is InChI=1S/C30H31F2N5O4.2C2H6/c1-6-16(3)19-10-23(41-5)26(32)28(25(19)31)37-14-18-12-33-21(11-20(18)30(8-9-30)29(37)40)27-22(34-24(39)7-2)15-36(35-27)13-17(4)38;2*1-2/h7,10-12,15-16H,2,6,8-9,13-14H2,1,3-5H3,(H,34,39);2*1-2H3. The zero-order valence-electron chi connectivity index (χ0n) is 27.4. The normalized spacial score (nSPS) is 14.7. The number of halogens is 2. The molecule has 1 aromatic carbocycles. The van der Waals surface area contributed by atoms with Crippen molar-refractivity contribution < 1.29 is 27.9 Å². The molecule has 5 rings (SSSR count). The highest BCUT2D eigenvalue weighted by Gasteiger charge is 2.57. The molecule has 2 amide bonds. The monoisotopic (exact) mass is 623 g/mol. The van der Waals surface area contributed by atoms with Crippen LogP contribution in [-0.2, 0) is 32.9 Å². The Morgan fingerprint density at radius 1 is 1.18 bits per heavy atom. The predicted molar refractivity (Wildman–Crippen MR) is 171 cm³/mol. The van der Waals surface area contributed by atoms with Gasteiger partial charge in [0.1, 0.15) is 11.4 Å². The minimum atomic E-state index is -0.962. The molecule has 1 aliphatic heterocycles. The highest BCUT2D eigenvalue weighted by molar-refractivity contribution is 6.06. The van der Waals surface area contributed by atoms with Crippen molar-refractivity contribution in [3.63, 3.8) is 0 Å². The summed E-state index contributed by atoms with van der Waals surface area (Å²) in [5.74, 6) is -3.02. The molecule has 1 atom stereocenters. The van der Waals surface area contributed by atoms with Crippen LogP contribution in [0.2, 0.25) is 0 Å². The Balaban J connectivity index is 0.00000133. The third-order valence-corrected chi connectivity index (χ3v) is 7.87. The first-order valence-corrected chi connectivity index (χ1v) is 15.4. The van der Waals surface area contributed by atoms with Crippen LogP contribution in [0.3, 0.4) is 0 Å². The molecule has 9 nitrogen and oxygen atoms in total. The van der Waals surface area contributed by atoms with E-state index in [1.165, 1.54) is 35.9 Å². The van der Waals surface area contributed by atoms with Crippen LogP contribution in [-0.4, -0.2) is 39.5 Å². The summed E-state index contributed by atoms with van der Waals surface area (Å²) in [6.45, 7) is 16.6. The van der Waals surface area contributed by atoms with Crippen molar-refractivity contribution in [2.45, 2.75) is 92.2 Å². The van der Waals surface area contributed by atoms with Gasteiger partial charge in [0.25, 0.3) is 0 Å². The summed E-state index contributed by atoms with van der Waals surface area (Å²) >= 11 is 0. The Labute approximate surface area is 263 Å². The second-order valence-corrected chi connectivity index (χ2v) is 10.6. The number of carbonyl (C=O) groups excluding carboxylic acids is 3. The van der Waals surface area contributed by atoms with Crippen molar-refractivity contribution in [1.82, 2.24) is 14.8 Å². The number of anilines is 2. The highest BCUT2D eigenvalue weighted by atomic mass is 19.1. The van der Waals surface area contributed by atoms with Crippen molar-refractivity contribution in [3.8, 4) is 17.1 Å². The molecular formula is C34H43F2N5O4. The zero-order valence-corrected chi connectivity index (χ0v) is 27.4. The van der Waals surface area contributed by atoms with Crippen LogP contribution < -0.4 is 15.0 Å². The summed E-state index contributed by atoms with van der Waals surface area (Å²) in [4.78, 5) is 43.4. The number of nitrogens with one attached hydrogen (secondary N) is 1. The number of hydrogen-bond donors (Lipinski definition) is 1. The number of carbonyl (C=O) groups is 3. The Hall–Kier alpha value is -4.41. The molecule has 3 heterocycles. The first-order valence-electron chi connectivity index (χ1n) is 15.4. The Morgan fingerprint density at radius 2 is 1.84 bits per heavy atom. The number of ketones is 1. The Bertz CT molecular complexity index is 1600. The third kappa shape index (κ3) is 6.67. The molecule has 0 saturated heterocycles. The molecule has 1 spiro atoms. The van der Waals surface area contributed by atoms with E-state index >= 15 is 8.78 Å². The average Bonchev–Trinajstić information content (AvgIpc) is 3.75. The Morgan fingerprint density at radius 3 is 2.40 bits per heavy atom. The minimum Gasteiger partial charge on any atom is -0.494 e. The fourth-order valence-corrected chi connectivity index (χ4v) is 5.37. The van der Waals surface area contributed by atoms with Gasteiger partial charge in [-0.3, -0.25) is 24.0 Å². The number of rotatable bonds is 9. The third-order valence-electron chi connectivity index (χ3n) is 7.87. The largest absolute Gasteiger partial charge is 0.494 e. The van der Waals surface area contributed by atoms with E-state index in [-0.39, 0.29) is 36.1 Å². The number of hydrogen-bond acceptors (Lipinski definition) is 6. The molecule has 1 N–H and O–H groups in total. The topological polar surface area (TPSA) is 106 Å². The van der Waals surface area contributed by atoms with Gasteiger partial charge in [0.2, 0.25) is 11.8 Å². The lowest BCUT2D eigenvalue weighted by molar-refractivity contribution is -0.121. The van der Waals surface area contributed by atoms with Gasteiger partial charge in [-0.25, -0.2) is 8.78 Å². The second-order valence-electron chi connectivity index (χ2n) is 10.6.